The number of rotatable bonds is 4. The van der Waals surface area contributed by atoms with Gasteiger partial charge in [-0.1, -0.05) is 34.7 Å². The van der Waals surface area contributed by atoms with Crippen LogP contribution in [0, 0.1) is 0 Å². The average Bonchev–Trinajstić information content (AvgIpc) is 3.19. The lowest BCUT2D eigenvalue weighted by molar-refractivity contribution is 0.164. The number of carbonyl (C=O) groups is 1. The third-order valence-electron chi connectivity index (χ3n) is 3.76. The van der Waals surface area contributed by atoms with E-state index in [1.807, 2.05) is 48.5 Å². The summed E-state index contributed by atoms with van der Waals surface area (Å²) in [6, 6.07) is 14.5. The topological polar surface area (TPSA) is 108 Å². The summed E-state index contributed by atoms with van der Waals surface area (Å²) in [5.74, 6) is 0. The van der Waals surface area contributed by atoms with Crippen LogP contribution in [0.5, 0.6) is 0 Å². The number of amides is 2. The Balaban J connectivity index is 1.64. The predicted octanol–water partition coefficient (Wildman–Crippen LogP) is 1.17. The van der Waals surface area contributed by atoms with Crippen molar-refractivity contribution in [3.8, 4) is 0 Å². The molecule has 0 fully saturated rings. The van der Waals surface area contributed by atoms with E-state index in [1.54, 1.807) is 9.36 Å². The lowest BCUT2D eigenvalue weighted by Crippen LogP contribution is -2.39. The van der Waals surface area contributed by atoms with Crippen LogP contribution in [0.4, 0.5) is 4.79 Å². The van der Waals surface area contributed by atoms with Gasteiger partial charge in [0.15, 0.2) is 0 Å². The molecule has 9 nitrogen and oxygen atoms in total. The van der Waals surface area contributed by atoms with E-state index >= 15 is 0 Å². The number of urea groups is 1. The van der Waals surface area contributed by atoms with E-state index in [2.05, 4.69) is 20.6 Å². The molecular weight excluding hydrogens is 308 g/mol. The predicted molar refractivity (Wildman–Crippen MR) is 86.5 cm³/mol. The molecule has 4 rings (SSSR count). The first-order valence-corrected chi connectivity index (χ1v) is 7.33. The van der Waals surface area contributed by atoms with Gasteiger partial charge >= 0.3 is 6.03 Å². The largest absolute Gasteiger partial charge is 0.351 e. The number of para-hydroxylation sites is 2. The Labute approximate surface area is 136 Å². The Hall–Kier alpha value is -3.49. The van der Waals surface area contributed by atoms with Crippen molar-refractivity contribution < 1.29 is 4.79 Å². The first kappa shape index (κ1) is 14.1. The standard InChI is InChI=1S/C15H14N8O/c16-15(24)21(9-22-13-7-3-1-5-11(13)17-19-22)10-23-14-8-4-2-6-12(14)18-20-23/h1-8H,9-10H2,(H2,16,24). The summed E-state index contributed by atoms with van der Waals surface area (Å²) in [6.45, 7) is 0.341. The molecule has 2 heterocycles. The van der Waals surface area contributed by atoms with Crippen LogP contribution in [0.2, 0.25) is 0 Å². The van der Waals surface area contributed by atoms with Crippen LogP contribution in [-0.2, 0) is 13.3 Å². The summed E-state index contributed by atoms with van der Waals surface area (Å²) in [7, 11) is 0. The number of hydrogen-bond donors (Lipinski definition) is 1. The van der Waals surface area contributed by atoms with Gasteiger partial charge in [-0.25, -0.2) is 14.2 Å². The Bertz CT molecular complexity index is 944. The van der Waals surface area contributed by atoms with Crippen LogP contribution in [0.25, 0.3) is 22.1 Å². The number of aromatic nitrogens is 6. The van der Waals surface area contributed by atoms with Crippen LogP contribution >= 0.6 is 0 Å². The molecule has 4 aromatic rings. The number of nitrogens with zero attached hydrogens (tertiary/aromatic N) is 7. The lowest BCUT2D eigenvalue weighted by Gasteiger charge is -2.20. The van der Waals surface area contributed by atoms with Gasteiger partial charge in [-0.3, -0.25) is 4.90 Å². The van der Waals surface area contributed by atoms with Crippen LogP contribution in [-0.4, -0.2) is 40.9 Å². The third-order valence-corrected chi connectivity index (χ3v) is 3.76. The minimum absolute atomic E-state index is 0.171. The lowest BCUT2D eigenvalue weighted by atomic mass is 10.3. The van der Waals surface area contributed by atoms with Gasteiger partial charge in [-0.15, -0.1) is 10.2 Å². The summed E-state index contributed by atoms with van der Waals surface area (Å²) in [4.78, 5) is 13.3. The van der Waals surface area contributed by atoms with Crippen molar-refractivity contribution in [1.29, 1.82) is 0 Å². The van der Waals surface area contributed by atoms with Crippen molar-refractivity contribution in [2.24, 2.45) is 5.73 Å². The number of hydrogen-bond acceptors (Lipinski definition) is 5. The van der Waals surface area contributed by atoms with E-state index in [-0.39, 0.29) is 13.3 Å². The maximum Gasteiger partial charge on any atom is 0.317 e. The molecule has 0 atom stereocenters. The Kier molecular flexibility index (Phi) is 3.30. The maximum absolute atomic E-state index is 11.8. The van der Waals surface area contributed by atoms with Gasteiger partial charge in [0.05, 0.1) is 11.0 Å². The Morgan fingerprint density at radius 3 is 1.79 bits per heavy atom. The number of fused-ring (bicyclic) bond motifs is 2. The molecule has 2 amide bonds. The second-order valence-electron chi connectivity index (χ2n) is 5.32. The smallest absolute Gasteiger partial charge is 0.317 e. The Morgan fingerprint density at radius 2 is 1.33 bits per heavy atom. The van der Waals surface area contributed by atoms with Crippen LogP contribution in [0.1, 0.15) is 0 Å². The van der Waals surface area contributed by atoms with Gasteiger partial charge in [0.25, 0.3) is 0 Å². The number of carbonyl (C=O) groups excluding carboxylic acids is 1. The van der Waals surface area contributed by atoms with Crippen molar-refractivity contribution in [2.75, 3.05) is 0 Å². The normalized spacial score (nSPS) is 11.2. The van der Waals surface area contributed by atoms with E-state index in [9.17, 15) is 4.79 Å². The summed E-state index contributed by atoms with van der Waals surface area (Å²) in [5.41, 5.74) is 8.69. The second kappa shape index (κ2) is 5.61. The minimum atomic E-state index is -0.575. The SMILES string of the molecule is NC(=O)N(Cn1nnc2ccccc21)Cn1nnc2ccccc21. The van der Waals surface area contributed by atoms with Crippen molar-refractivity contribution in [3.63, 3.8) is 0 Å². The van der Waals surface area contributed by atoms with E-state index in [4.69, 9.17) is 5.73 Å². The molecule has 0 unspecified atom stereocenters. The molecule has 0 aliphatic heterocycles. The Morgan fingerprint density at radius 1 is 0.875 bits per heavy atom. The van der Waals surface area contributed by atoms with Gasteiger partial charge < -0.3 is 5.73 Å². The van der Waals surface area contributed by atoms with Crippen molar-refractivity contribution in [2.45, 2.75) is 13.3 Å². The number of benzene rings is 2. The molecule has 9 heteroatoms. The van der Waals surface area contributed by atoms with Gasteiger partial charge in [0.1, 0.15) is 24.4 Å². The fourth-order valence-corrected chi connectivity index (χ4v) is 2.55. The highest BCUT2D eigenvalue weighted by Gasteiger charge is 2.15. The summed E-state index contributed by atoms with van der Waals surface area (Å²) >= 11 is 0. The highest BCUT2D eigenvalue weighted by molar-refractivity contribution is 5.76. The van der Waals surface area contributed by atoms with E-state index in [1.165, 1.54) is 4.90 Å². The van der Waals surface area contributed by atoms with E-state index in [0.29, 0.717) is 0 Å². The summed E-state index contributed by atoms with van der Waals surface area (Å²) in [5, 5.41) is 16.3. The molecular formula is C15H14N8O. The zero-order chi connectivity index (χ0) is 16.5. The van der Waals surface area contributed by atoms with Crippen molar-refractivity contribution in [1.82, 2.24) is 34.9 Å². The van der Waals surface area contributed by atoms with Gasteiger partial charge in [0, 0.05) is 0 Å². The molecule has 0 saturated carbocycles. The van der Waals surface area contributed by atoms with Crippen molar-refractivity contribution in [3.05, 3.63) is 48.5 Å². The van der Waals surface area contributed by atoms with E-state index < -0.39 is 6.03 Å². The average molecular weight is 322 g/mol. The number of nitrogens with two attached hydrogens (primary N) is 1. The number of primary amides is 1. The summed E-state index contributed by atoms with van der Waals surface area (Å²) in [6.07, 6.45) is 0. The molecule has 120 valence electrons. The van der Waals surface area contributed by atoms with Gasteiger partial charge in [-0.2, -0.15) is 0 Å². The van der Waals surface area contributed by atoms with E-state index in [0.717, 1.165) is 22.1 Å². The molecule has 2 N–H and O–H groups in total. The first-order valence-electron chi connectivity index (χ1n) is 7.33. The summed E-state index contributed by atoms with van der Waals surface area (Å²) < 4.78 is 3.25. The molecule has 0 aliphatic rings. The fraction of sp³-hybridized carbons (Fsp3) is 0.133. The highest BCUT2D eigenvalue weighted by Crippen LogP contribution is 2.13. The molecule has 2 aromatic heterocycles. The third kappa shape index (κ3) is 2.41. The molecule has 0 bridgehead atoms. The van der Waals surface area contributed by atoms with Gasteiger partial charge in [0.2, 0.25) is 0 Å². The monoisotopic (exact) mass is 322 g/mol. The maximum atomic E-state index is 11.8. The quantitative estimate of drug-likeness (QED) is 0.607. The molecule has 24 heavy (non-hydrogen) atoms. The molecule has 2 aromatic carbocycles. The fourth-order valence-electron chi connectivity index (χ4n) is 2.55. The molecule has 0 saturated heterocycles. The van der Waals surface area contributed by atoms with Crippen molar-refractivity contribution >= 4 is 28.1 Å². The van der Waals surface area contributed by atoms with Crippen LogP contribution in [0.15, 0.2) is 48.5 Å². The highest BCUT2D eigenvalue weighted by atomic mass is 16.2. The molecule has 0 radical (unpaired) electrons. The molecule has 0 spiro atoms. The second-order valence-corrected chi connectivity index (χ2v) is 5.32. The van der Waals surface area contributed by atoms with Crippen LogP contribution in [0.3, 0.4) is 0 Å². The zero-order valence-electron chi connectivity index (χ0n) is 12.6. The zero-order valence-corrected chi connectivity index (χ0v) is 12.6. The minimum Gasteiger partial charge on any atom is -0.351 e. The first-order chi connectivity index (χ1) is 11.7. The van der Waals surface area contributed by atoms with Gasteiger partial charge in [-0.05, 0) is 24.3 Å². The molecule has 0 aliphatic carbocycles. The van der Waals surface area contributed by atoms with Crippen LogP contribution < -0.4 is 5.73 Å².